The Morgan fingerprint density at radius 2 is 1.82 bits per heavy atom. The van der Waals surface area contributed by atoms with Crippen LogP contribution in [0, 0.1) is 0 Å². The second kappa shape index (κ2) is 11.0. The molecule has 5 rings (SSSR count). The maximum absolute atomic E-state index is 14.0. The molecular weight excluding hydrogens is 516 g/mol. The molecule has 1 aromatic heterocycles. The van der Waals surface area contributed by atoms with E-state index in [0.717, 1.165) is 0 Å². The van der Waals surface area contributed by atoms with Gasteiger partial charge in [0.25, 0.3) is 5.56 Å². The van der Waals surface area contributed by atoms with E-state index in [1.807, 2.05) is 30.3 Å². The highest BCUT2D eigenvalue weighted by Gasteiger charge is 2.37. The lowest BCUT2D eigenvalue weighted by Crippen LogP contribution is -2.40. The Hall–Kier alpha value is -4.63. The zero-order valence-corrected chi connectivity index (χ0v) is 22.4. The number of esters is 1. The van der Waals surface area contributed by atoms with Crippen molar-refractivity contribution in [3.8, 4) is 17.2 Å². The van der Waals surface area contributed by atoms with Crippen molar-refractivity contribution in [2.45, 2.75) is 13.0 Å². The molecule has 1 N–H and O–H groups in total. The number of hydrogen-bond donors (Lipinski definition) is 1. The predicted octanol–water partition coefficient (Wildman–Crippen LogP) is 3.66. The van der Waals surface area contributed by atoms with Gasteiger partial charge in [0.1, 0.15) is 11.8 Å². The number of nitrogens with zero attached hydrogens (tertiary/aromatic N) is 2. The van der Waals surface area contributed by atoms with Crippen molar-refractivity contribution in [3.63, 3.8) is 0 Å². The lowest BCUT2D eigenvalue weighted by molar-refractivity contribution is -0.138. The lowest BCUT2D eigenvalue weighted by Gasteiger charge is -2.27. The highest BCUT2D eigenvalue weighted by Crippen LogP contribution is 2.42. The molecule has 9 heteroatoms. The summed E-state index contributed by atoms with van der Waals surface area (Å²) in [5.41, 5.74) is 2.20. The largest absolute Gasteiger partial charge is 0.508 e. The first kappa shape index (κ1) is 26.0. The minimum Gasteiger partial charge on any atom is -0.508 e. The summed E-state index contributed by atoms with van der Waals surface area (Å²) < 4.78 is 18.7. The van der Waals surface area contributed by atoms with Crippen LogP contribution in [0.2, 0.25) is 0 Å². The second-order valence-electron chi connectivity index (χ2n) is 8.61. The molecule has 198 valence electrons. The number of thiazole rings is 1. The van der Waals surface area contributed by atoms with Crippen LogP contribution in [0.25, 0.3) is 11.8 Å². The van der Waals surface area contributed by atoms with Gasteiger partial charge < -0.3 is 19.3 Å². The molecule has 0 saturated heterocycles. The average Bonchev–Trinajstić information content (AvgIpc) is 3.26. The van der Waals surface area contributed by atoms with E-state index in [2.05, 4.69) is 0 Å². The van der Waals surface area contributed by atoms with Crippen LogP contribution in [-0.2, 0) is 9.53 Å². The molecule has 0 radical (unpaired) electrons. The Balaban J connectivity index is 1.89. The van der Waals surface area contributed by atoms with Crippen LogP contribution in [0.4, 0.5) is 0 Å². The van der Waals surface area contributed by atoms with Gasteiger partial charge in [-0.15, -0.1) is 0 Å². The highest BCUT2D eigenvalue weighted by atomic mass is 32.1. The molecular formula is C30H26N2O6S. The van der Waals surface area contributed by atoms with Crippen molar-refractivity contribution in [2.24, 2.45) is 4.99 Å². The molecule has 0 bridgehead atoms. The Kier molecular flexibility index (Phi) is 7.33. The van der Waals surface area contributed by atoms with Crippen molar-refractivity contribution < 1.29 is 24.1 Å². The molecule has 2 heterocycles. The fourth-order valence-electron chi connectivity index (χ4n) is 4.63. The van der Waals surface area contributed by atoms with E-state index in [4.69, 9.17) is 19.2 Å². The van der Waals surface area contributed by atoms with Crippen LogP contribution >= 0.6 is 11.3 Å². The number of methoxy groups -OCH3 is 2. The van der Waals surface area contributed by atoms with E-state index in [0.29, 0.717) is 43.2 Å². The van der Waals surface area contributed by atoms with E-state index in [1.54, 1.807) is 55.5 Å². The number of carbonyl (C=O) groups is 1. The van der Waals surface area contributed by atoms with Gasteiger partial charge in [-0.25, -0.2) is 9.79 Å². The summed E-state index contributed by atoms with van der Waals surface area (Å²) >= 11 is 1.20. The molecule has 1 aliphatic heterocycles. The third-order valence-corrected chi connectivity index (χ3v) is 7.25. The van der Waals surface area contributed by atoms with Gasteiger partial charge in [-0.2, -0.15) is 0 Å². The molecule has 0 amide bonds. The Bertz CT molecular complexity index is 1750. The van der Waals surface area contributed by atoms with E-state index in [9.17, 15) is 14.7 Å². The van der Waals surface area contributed by atoms with Crippen LogP contribution in [0.3, 0.4) is 0 Å². The summed E-state index contributed by atoms with van der Waals surface area (Å²) in [7, 11) is 3.04. The molecule has 0 fully saturated rings. The van der Waals surface area contributed by atoms with Gasteiger partial charge in [0.15, 0.2) is 16.3 Å². The van der Waals surface area contributed by atoms with E-state index >= 15 is 0 Å². The fraction of sp³-hybridized carbons (Fsp3) is 0.167. The van der Waals surface area contributed by atoms with Gasteiger partial charge >= 0.3 is 5.97 Å². The summed E-state index contributed by atoms with van der Waals surface area (Å²) in [6.07, 6.45) is 1.69. The molecule has 1 aliphatic rings. The molecule has 0 unspecified atom stereocenters. The molecule has 3 aromatic carbocycles. The summed E-state index contributed by atoms with van der Waals surface area (Å²) in [6, 6.07) is 20.4. The van der Waals surface area contributed by atoms with Gasteiger partial charge in [0.2, 0.25) is 0 Å². The number of phenolic OH excluding ortho intramolecular Hbond substituents is 1. The minimum absolute atomic E-state index is 0.0893. The number of rotatable bonds is 7. The maximum Gasteiger partial charge on any atom is 0.338 e. The highest BCUT2D eigenvalue weighted by molar-refractivity contribution is 7.07. The first-order valence-electron chi connectivity index (χ1n) is 12.2. The van der Waals surface area contributed by atoms with E-state index in [1.165, 1.54) is 30.1 Å². The molecule has 39 heavy (non-hydrogen) atoms. The number of aromatic nitrogens is 1. The quantitative estimate of drug-likeness (QED) is 0.358. The van der Waals surface area contributed by atoms with Crippen LogP contribution in [-0.4, -0.2) is 36.5 Å². The van der Waals surface area contributed by atoms with Gasteiger partial charge in [-0.3, -0.25) is 9.36 Å². The number of para-hydroxylation sites is 1. The van der Waals surface area contributed by atoms with Crippen molar-refractivity contribution in [1.82, 2.24) is 4.57 Å². The topological polar surface area (TPSA) is 99.4 Å². The third-order valence-electron chi connectivity index (χ3n) is 6.27. The van der Waals surface area contributed by atoms with E-state index < -0.39 is 12.0 Å². The number of benzene rings is 3. The van der Waals surface area contributed by atoms with Crippen molar-refractivity contribution in [1.29, 1.82) is 0 Å². The first-order valence-corrected chi connectivity index (χ1v) is 13.1. The Morgan fingerprint density at radius 1 is 1.05 bits per heavy atom. The summed E-state index contributed by atoms with van der Waals surface area (Å²) in [5, 5.41) is 9.93. The van der Waals surface area contributed by atoms with Gasteiger partial charge in [0.05, 0.1) is 36.6 Å². The van der Waals surface area contributed by atoms with Crippen LogP contribution in [0.15, 0.2) is 88.2 Å². The predicted molar refractivity (Wildman–Crippen MR) is 149 cm³/mol. The molecule has 4 aromatic rings. The zero-order chi connectivity index (χ0) is 27.5. The number of fused-ring (bicyclic) bond motifs is 1. The number of aromatic hydroxyl groups is 1. The Morgan fingerprint density at radius 3 is 2.51 bits per heavy atom. The van der Waals surface area contributed by atoms with E-state index in [-0.39, 0.29) is 23.5 Å². The zero-order valence-electron chi connectivity index (χ0n) is 21.6. The molecule has 0 spiro atoms. The summed E-state index contributed by atoms with van der Waals surface area (Å²) in [4.78, 5) is 32.8. The summed E-state index contributed by atoms with van der Waals surface area (Å²) in [5.74, 6) is 0.353. The lowest BCUT2D eigenvalue weighted by atomic mass is 9.92. The normalized spacial score (nSPS) is 14.9. The Labute approximate surface area is 228 Å². The third kappa shape index (κ3) is 4.84. The summed E-state index contributed by atoms with van der Waals surface area (Å²) in [6.45, 7) is 1.88. The SMILES string of the molecule is CCOC(=O)C1=C(c2ccccc2)N=c2s/c(=C\c3cccc(O)c3)c(=O)n2[C@H]1c1cccc(OC)c1OC. The van der Waals surface area contributed by atoms with Crippen molar-refractivity contribution >= 4 is 29.1 Å². The molecule has 1 atom stereocenters. The fourth-order valence-corrected chi connectivity index (χ4v) is 5.63. The van der Waals surface area contributed by atoms with Gasteiger partial charge in [-0.05, 0) is 36.8 Å². The number of hydrogen-bond acceptors (Lipinski definition) is 8. The average molecular weight is 543 g/mol. The smallest absolute Gasteiger partial charge is 0.338 e. The molecule has 0 aliphatic carbocycles. The van der Waals surface area contributed by atoms with Crippen molar-refractivity contribution in [3.05, 3.63) is 115 Å². The number of ether oxygens (including phenoxy) is 3. The van der Waals surface area contributed by atoms with Crippen LogP contribution < -0.4 is 24.4 Å². The van der Waals surface area contributed by atoms with Crippen LogP contribution in [0.5, 0.6) is 17.2 Å². The number of carbonyl (C=O) groups excluding carboxylic acids is 1. The van der Waals surface area contributed by atoms with Gasteiger partial charge in [0, 0.05) is 11.1 Å². The minimum atomic E-state index is -0.910. The molecule has 8 nitrogen and oxygen atoms in total. The maximum atomic E-state index is 14.0. The number of phenols is 1. The van der Waals surface area contributed by atoms with Crippen molar-refractivity contribution in [2.75, 3.05) is 20.8 Å². The monoisotopic (exact) mass is 542 g/mol. The first-order chi connectivity index (χ1) is 19.0. The van der Waals surface area contributed by atoms with Gasteiger partial charge in [-0.1, -0.05) is 65.9 Å². The molecule has 0 saturated carbocycles. The second-order valence-corrected chi connectivity index (χ2v) is 9.62. The van der Waals surface area contributed by atoms with Crippen LogP contribution in [0.1, 0.15) is 29.7 Å². The standard InChI is InChI=1S/C30H26N2O6S/c1-4-38-29(35)24-25(19-11-6-5-7-12-19)31-30-32(26(24)21-14-9-15-22(36-2)27(21)37-3)28(34)23(39-30)17-18-10-8-13-20(33)16-18/h5-17,26,33H,4H2,1-3H3/b23-17-/t26-/m0/s1.